The number of carbonyl (C=O) groups is 1. The van der Waals surface area contributed by atoms with Crippen molar-refractivity contribution in [2.45, 2.75) is 26.7 Å². The summed E-state index contributed by atoms with van der Waals surface area (Å²) in [6, 6.07) is 7.39. The van der Waals surface area contributed by atoms with Gasteiger partial charge in [0.15, 0.2) is 0 Å². The van der Waals surface area contributed by atoms with Crippen LogP contribution in [0.4, 0.5) is 0 Å². The number of halogens is 1. The number of hydrogen-bond donors (Lipinski definition) is 1. The molecule has 0 fully saturated rings. The van der Waals surface area contributed by atoms with E-state index in [0.717, 1.165) is 24.3 Å². The van der Waals surface area contributed by atoms with Crippen LogP contribution in [0.2, 0.25) is 0 Å². The number of nitrogens with zero attached hydrogens (tertiary/aromatic N) is 1. The summed E-state index contributed by atoms with van der Waals surface area (Å²) in [6.45, 7) is 5.38. The Balaban J connectivity index is 0.00000484. The SMILES string of the molecule is CCC(CC)(CN)C(=O)N(C)CCOc1ccc(OC)cc1.Cl. The minimum absolute atomic E-state index is 0. The quantitative estimate of drug-likeness (QED) is 0.748. The number of benzene rings is 1. The van der Waals surface area contributed by atoms with Gasteiger partial charge in [-0.1, -0.05) is 13.8 Å². The summed E-state index contributed by atoms with van der Waals surface area (Å²) in [6.07, 6.45) is 1.50. The summed E-state index contributed by atoms with van der Waals surface area (Å²) in [5.74, 6) is 1.65. The van der Waals surface area contributed by atoms with E-state index in [-0.39, 0.29) is 18.3 Å². The number of hydrogen-bond acceptors (Lipinski definition) is 4. The summed E-state index contributed by atoms with van der Waals surface area (Å²) in [5, 5.41) is 0. The molecule has 0 saturated carbocycles. The Morgan fingerprint density at radius 2 is 1.70 bits per heavy atom. The molecule has 0 spiro atoms. The van der Waals surface area contributed by atoms with Crippen LogP contribution in [0.5, 0.6) is 11.5 Å². The molecule has 0 heterocycles. The Kier molecular flexibility index (Phi) is 9.68. The van der Waals surface area contributed by atoms with Gasteiger partial charge in [-0.2, -0.15) is 0 Å². The highest BCUT2D eigenvalue weighted by Crippen LogP contribution is 2.27. The first-order chi connectivity index (χ1) is 10.5. The molecule has 1 aromatic carbocycles. The summed E-state index contributed by atoms with van der Waals surface area (Å²) in [4.78, 5) is 14.3. The molecule has 0 aliphatic heterocycles. The summed E-state index contributed by atoms with van der Waals surface area (Å²) in [5.41, 5.74) is 5.37. The largest absolute Gasteiger partial charge is 0.497 e. The molecule has 0 radical (unpaired) electrons. The molecule has 0 aromatic heterocycles. The van der Waals surface area contributed by atoms with Crippen LogP contribution in [0.25, 0.3) is 0 Å². The van der Waals surface area contributed by atoms with Gasteiger partial charge in [0.25, 0.3) is 0 Å². The fourth-order valence-corrected chi connectivity index (χ4v) is 2.41. The number of ether oxygens (including phenoxy) is 2. The van der Waals surface area contributed by atoms with Crippen molar-refractivity contribution in [1.82, 2.24) is 4.90 Å². The van der Waals surface area contributed by atoms with Crippen molar-refractivity contribution in [3.05, 3.63) is 24.3 Å². The van der Waals surface area contributed by atoms with Gasteiger partial charge in [0.2, 0.25) is 5.91 Å². The standard InChI is InChI=1S/C17H28N2O3.ClH/c1-5-17(6-2,13-18)16(20)19(3)11-12-22-15-9-7-14(21-4)8-10-15;/h7-10H,5-6,11-13,18H2,1-4H3;1H. The first-order valence-corrected chi connectivity index (χ1v) is 7.75. The molecule has 1 rings (SSSR count). The van der Waals surface area contributed by atoms with E-state index in [1.807, 2.05) is 38.1 Å². The van der Waals surface area contributed by atoms with E-state index in [0.29, 0.717) is 19.7 Å². The zero-order valence-electron chi connectivity index (χ0n) is 14.5. The fourth-order valence-electron chi connectivity index (χ4n) is 2.41. The van der Waals surface area contributed by atoms with Crippen molar-refractivity contribution in [1.29, 1.82) is 0 Å². The van der Waals surface area contributed by atoms with E-state index in [1.165, 1.54) is 0 Å². The van der Waals surface area contributed by atoms with Crippen molar-refractivity contribution >= 4 is 18.3 Å². The zero-order valence-corrected chi connectivity index (χ0v) is 15.3. The van der Waals surface area contributed by atoms with Crippen LogP contribution in [0.15, 0.2) is 24.3 Å². The Labute approximate surface area is 145 Å². The summed E-state index contributed by atoms with van der Waals surface area (Å²) in [7, 11) is 3.43. The number of methoxy groups -OCH3 is 1. The number of carbonyl (C=O) groups excluding carboxylic acids is 1. The van der Waals surface area contributed by atoms with E-state index >= 15 is 0 Å². The number of rotatable bonds is 9. The summed E-state index contributed by atoms with van der Waals surface area (Å²) >= 11 is 0. The van der Waals surface area contributed by atoms with Crippen molar-refractivity contribution in [3.8, 4) is 11.5 Å². The van der Waals surface area contributed by atoms with E-state index < -0.39 is 5.41 Å². The number of likely N-dealkylation sites (N-methyl/N-ethyl adjacent to an activating group) is 1. The second-order valence-corrected chi connectivity index (χ2v) is 5.44. The fraction of sp³-hybridized carbons (Fsp3) is 0.588. The lowest BCUT2D eigenvalue weighted by molar-refractivity contribution is -0.141. The predicted molar refractivity (Wildman–Crippen MR) is 95.4 cm³/mol. The molecule has 0 saturated heterocycles. The maximum atomic E-state index is 12.6. The molecule has 2 N–H and O–H groups in total. The molecular weight excluding hydrogens is 316 g/mol. The minimum Gasteiger partial charge on any atom is -0.497 e. The van der Waals surface area contributed by atoms with E-state index in [1.54, 1.807) is 19.1 Å². The normalized spacial score (nSPS) is 10.7. The molecule has 6 heteroatoms. The smallest absolute Gasteiger partial charge is 0.229 e. The lowest BCUT2D eigenvalue weighted by Gasteiger charge is -2.33. The molecule has 23 heavy (non-hydrogen) atoms. The summed E-state index contributed by atoms with van der Waals surface area (Å²) < 4.78 is 10.8. The molecule has 0 bridgehead atoms. The van der Waals surface area contributed by atoms with Crippen LogP contribution >= 0.6 is 12.4 Å². The molecule has 0 aliphatic carbocycles. The molecule has 5 nitrogen and oxygen atoms in total. The minimum atomic E-state index is -0.450. The van der Waals surface area contributed by atoms with Gasteiger partial charge in [-0.3, -0.25) is 4.79 Å². The lowest BCUT2D eigenvalue weighted by Crippen LogP contribution is -2.47. The van der Waals surface area contributed by atoms with Crippen molar-refractivity contribution in [2.24, 2.45) is 11.1 Å². The zero-order chi connectivity index (χ0) is 16.6. The van der Waals surface area contributed by atoms with Gasteiger partial charge in [0, 0.05) is 13.6 Å². The van der Waals surface area contributed by atoms with E-state index in [9.17, 15) is 4.79 Å². The first-order valence-electron chi connectivity index (χ1n) is 7.75. The van der Waals surface area contributed by atoms with Crippen LogP contribution < -0.4 is 15.2 Å². The van der Waals surface area contributed by atoms with Crippen LogP contribution in [0, 0.1) is 5.41 Å². The monoisotopic (exact) mass is 344 g/mol. The van der Waals surface area contributed by atoms with Gasteiger partial charge in [-0.15, -0.1) is 12.4 Å². The molecule has 1 aromatic rings. The maximum Gasteiger partial charge on any atom is 0.229 e. The highest BCUT2D eigenvalue weighted by Gasteiger charge is 2.35. The van der Waals surface area contributed by atoms with Gasteiger partial charge >= 0.3 is 0 Å². The average molecular weight is 345 g/mol. The van der Waals surface area contributed by atoms with Crippen LogP contribution in [0.3, 0.4) is 0 Å². The van der Waals surface area contributed by atoms with Gasteiger partial charge in [-0.05, 0) is 37.1 Å². The van der Waals surface area contributed by atoms with Crippen molar-refractivity contribution in [3.63, 3.8) is 0 Å². The Morgan fingerprint density at radius 1 is 1.17 bits per heavy atom. The molecule has 0 atom stereocenters. The molecule has 1 amide bonds. The number of amides is 1. The van der Waals surface area contributed by atoms with E-state index in [4.69, 9.17) is 15.2 Å². The van der Waals surface area contributed by atoms with Crippen LogP contribution in [-0.2, 0) is 4.79 Å². The lowest BCUT2D eigenvalue weighted by atomic mass is 9.81. The van der Waals surface area contributed by atoms with Gasteiger partial charge in [0.05, 0.1) is 19.1 Å². The van der Waals surface area contributed by atoms with E-state index in [2.05, 4.69) is 0 Å². The second kappa shape index (κ2) is 10.3. The Hall–Kier alpha value is -1.46. The van der Waals surface area contributed by atoms with Gasteiger partial charge in [-0.25, -0.2) is 0 Å². The maximum absolute atomic E-state index is 12.6. The van der Waals surface area contributed by atoms with Crippen molar-refractivity contribution in [2.75, 3.05) is 33.9 Å². The number of nitrogens with two attached hydrogens (primary N) is 1. The van der Waals surface area contributed by atoms with Gasteiger partial charge in [0.1, 0.15) is 18.1 Å². The topological polar surface area (TPSA) is 64.8 Å². The average Bonchev–Trinajstić information content (AvgIpc) is 2.57. The third kappa shape index (κ3) is 5.59. The Morgan fingerprint density at radius 3 is 2.13 bits per heavy atom. The van der Waals surface area contributed by atoms with Crippen LogP contribution in [-0.4, -0.2) is 44.7 Å². The molecule has 0 aliphatic rings. The molecule has 0 unspecified atom stereocenters. The van der Waals surface area contributed by atoms with Crippen molar-refractivity contribution < 1.29 is 14.3 Å². The molecular formula is C17H29ClN2O3. The van der Waals surface area contributed by atoms with Gasteiger partial charge < -0.3 is 20.1 Å². The highest BCUT2D eigenvalue weighted by molar-refractivity contribution is 5.85. The highest BCUT2D eigenvalue weighted by atomic mass is 35.5. The third-order valence-corrected chi connectivity index (χ3v) is 4.30. The third-order valence-electron chi connectivity index (χ3n) is 4.30. The molecule has 132 valence electrons. The predicted octanol–water partition coefficient (Wildman–Crippen LogP) is 2.72. The van der Waals surface area contributed by atoms with Crippen LogP contribution in [0.1, 0.15) is 26.7 Å². The Bertz CT molecular complexity index is 453. The second-order valence-electron chi connectivity index (χ2n) is 5.44. The first kappa shape index (κ1) is 21.5.